The molecule has 5 nitrogen and oxygen atoms in total. The molecule has 6 heteroatoms. The topological polar surface area (TPSA) is 58.4 Å². The molecular weight excluding hydrogens is 369 g/mol. The van der Waals surface area contributed by atoms with Crippen LogP contribution in [0.3, 0.4) is 0 Å². The molecule has 1 spiro atoms. The second-order valence-corrected chi connectivity index (χ2v) is 7.99. The minimum atomic E-state index is -0.300. The second-order valence-electron chi connectivity index (χ2n) is 7.99. The van der Waals surface area contributed by atoms with Crippen molar-refractivity contribution >= 4 is 5.91 Å². The number of hydrogen-bond donors (Lipinski definition) is 1. The Morgan fingerprint density at radius 2 is 1.79 bits per heavy atom. The van der Waals surface area contributed by atoms with Crippen LogP contribution >= 0.6 is 0 Å². The van der Waals surface area contributed by atoms with Gasteiger partial charge in [-0.2, -0.15) is 0 Å². The Hall–Kier alpha value is -2.99. The number of benzene rings is 2. The molecule has 0 saturated carbocycles. The van der Waals surface area contributed by atoms with Crippen LogP contribution in [0.1, 0.15) is 23.2 Å². The van der Waals surface area contributed by atoms with E-state index in [0.29, 0.717) is 22.8 Å². The Morgan fingerprint density at radius 3 is 2.55 bits per heavy atom. The fourth-order valence-electron chi connectivity index (χ4n) is 4.35. The second kappa shape index (κ2) is 7.12. The van der Waals surface area contributed by atoms with Gasteiger partial charge in [0.05, 0.1) is 11.8 Å². The number of halogens is 1. The van der Waals surface area contributed by atoms with E-state index >= 15 is 0 Å². The SMILES string of the molecule is O=C(c1ccccc1-c1ncc(-c2ccc(F)cc2)o1)N1CC2(CCNCC2)C1. The maximum Gasteiger partial charge on any atom is 0.254 e. The van der Waals surface area contributed by atoms with E-state index in [9.17, 15) is 9.18 Å². The van der Waals surface area contributed by atoms with E-state index in [-0.39, 0.29) is 17.1 Å². The van der Waals surface area contributed by atoms with Crippen LogP contribution in [0, 0.1) is 11.2 Å². The summed E-state index contributed by atoms with van der Waals surface area (Å²) in [5, 5.41) is 3.39. The van der Waals surface area contributed by atoms with Gasteiger partial charge < -0.3 is 14.6 Å². The van der Waals surface area contributed by atoms with E-state index in [2.05, 4.69) is 10.3 Å². The number of nitrogens with one attached hydrogen (secondary N) is 1. The first-order valence-corrected chi connectivity index (χ1v) is 9.95. The summed E-state index contributed by atoms with van der Waals surface area (Å²) in [6, 6.07) is 13.5. The zero-order chi connectivity index (χ0) is 19.8. The molecule has 0 radical (unpaired) electrons. The Kier molecular flexibility index (Phi) is 4.43. The highest BCUT2D eigenvalue weighted by Crippen LogP contribution is 2.40. The number of rotatable bonds is 3. The number of likely N-dealkylation sites (tertiary alicyclic amines) is 1. The summed E-state index contributed by atoms with van der Waals surface area (Å²) in [4.78, 5) is 19.5. The Morgan fingerprint density at radius 1 is 1.07 bits per heavy atom. The van der Waals surface area contributed by atoms with Crippen molar-refractivity contribution in [2.24, 2.45) is 5.41 Å². The average molecular weight is 391 g/mol. The van der Waals surface area contributed by atoms with Crippen LogP contribution in [-0.4, -0.2) is 42.0 Å². The van der Waals surface area contributed by atoms with Crippen molar-refractivity contribution < 1.29 is 13.6 Å². The quantitative estimate of drug-likeness (QED) is 0.734. The molecule has 1 amide bonds. The largest absolute Gasteiger partial charge is 0.436 e. The Bertz CT molecular complexity index is 1030. The molecule has 0 unspecified atom stereocenters. The van der Waals surface area contributed by atoms with Crippen molar-refractivity contribution in [3.8, 4) is 22.8 Å². The van der Waals surface area contributed by atoms with Crippen LogP contribution in [0.25, 0.3) is 22.8 Å². The van der Waals surface area contributed by atoms with Gasteiger partial charge in [-0.15, -0.1) is 0 Å². The monoisotopic (exact) mass is 391 g/mol. The van der Waals surface area contributed by atoms with Crippen molar-refractivity contribution in [3.63, 3.8) is 0 Å². The molecule has 3 aromatic rings. The molecule has 5 rings (SSSR count). The molecule has 0 atom stereocenters. The number of oxazole rings is 1. The molecule has 0 bridgehead atoms. The highest BCUT2D eigenvalue weighted by Gasteiger charge is 2.45. The number of nitrogens with zero attached hydrogens (tertiary/aromatic N) is 2. The standard InChI is InChI=1S/C23H22FN3O2/c24-17-7-5-16(6-8-17)20-13-26-21(29-20)18-3-1-2-4-19(18)22(28)27-14-23(15-27)9-11-25-12-10-23/h1-8,13,25H,9-12,14-15H2. The minimum Gasteiger partial charge on any atom is -0.436 e. The van der Waals surface area contributed by atoms with E-state index < -0.39 is 0 Å². The number of carbonyl (C=O) groups excluding carboxylic acids is 1. The third-order valence-corrected chi connectivity index (χ3v) is 6.03. The van der Waals surface area contributed by atoms with Gasteiger partial charge in [0.15, 0.2) is 5.76 Å². The zero-order valence-electron chi connectivity index (χ0n) is 16.0. The smallest absolute Gasteiger partial charge is 0.254 e. The van der Waals surface area contributed by atoms with Gasteiger partial charge in [-0.1, -0.05) is 12.1 Å². The van der Waals surface area contributed by atoms with Gasteiger partial charge in [-0.25, -0.2) is 9.37 Å². The van der Waals surface area contributed by atoms with E-state index in [1.54, 1.807) is 18.3 Å². The molecule has 2 fully saturated rings. The Balaban J connectivity index is 1.39. The summed E-state index contributed by atoms with van der Waals surface area (Å²) in [5.74, 6) is 0.655. The number of amides is 1. The lowest BCUT2D eigenvalue weighted by atomic mass is 9.72. The molecule has 2 aliphatic rings. The first kappa shape index (κ1) is 18.1. The van der Waals surface area contributed by atoms with Gasteiger partial charge in [0, 0.05) is 29.6 Å². The van der Waals surface area contributed by atoms with Crippen LogP contribution in [-0.2, 0) is 0 Å². The maximum absolute atomic E-state index is 13.2. The average Bonchev–Trinajstić information content (AvgIpc) is 3.23. The molecule has 148 valence electrons. The molecule has 3 heterocycles. The first-order valence-electron chi connectivity index (χ1n) is 9.95. The van der Waals surface area contributed by atoms with Gasteiger partial charge in [0.25, 0.3) is 5.91 Å². The molecule has 2 aliphatic heterocycles. The van der Waals surface area contributed by atoms with Gasteiger partial charge in [0.2, 0.25) is 5.89 Å². The van der Waals surface area contributed by atoms with Gasteiger partial charge in [0.1, 0.15) is 5.82 Å². The van der Waals surface area contributed by atoms with Gasteiger partial charge in [-0.05, 0) is 62.3 Å². The van der Waals surface area contributed by atoms with Crippen molar-refractivity contribution in [3.05, 3.63) is 66.1 Å². The summed E-state index contributed by atoms with van der Waals surface area (Å²) in [7, 11) is 0. The highest BCUT2D eigenvalue weighted by molar-refractivity contribution is 6.00. The van der Waals surface area contributed by atoms with Crippen molar-refractivity contribution in [2.75, 3.05) is 26.2 Å². The lowest BCUT2D eigenvalue weighted by Gasteiger charge is -2.52. The van der Waals surface area contributed by atoms with E-state index in [0.717, 1.165) is 44.6 Å². The minimum absolute atomic E-state index is 0.0197. The number of aromatic nitrogens is 1. The zero-order valence-corrected chi connectivity index (χ0v) is 16.0. The van der Waals surface area contributed by atoms with Crippen LogP contribution in [0.5, 0.6) is 0 Å². The van der Waals surface area contributed by atoms with Crippen molar-refractivity contribution in [1.82, 2.24) is 15.2 Å². The molecular formula is C23H22FN3O2. The van der Waals surface area contributed by atoms with Crippen molar-refractivity contribution in [2.45, 2.75) is 12.8 Å². The fraction of sp³-hybridized carbons (Fsp3) is 0.304. The third-order valence-electron chi connectivity index (χ3n) is 6.03. The predicted molar refractivity (Wildman–Crippen MR) is 108 cm³/mol. The Labute approximate surface area is 168 Å². The molecule has 0 aliphatic carbocycles. The number of hydrogen-bond acceptors (Lipinski definition) is 4. The molecule has 2 aromatic carbocycles. The fourth-order valence-corrected chi connectivity index (χ4v) is 4.35. The summed E-state index contributed by atoms with van der Waals surface area (Å²) < 4.78 is 19.1. The van der Waals surface area contributed by atoms with E-state index in [4.69, 9.17) is 4.42 Å². The van der Waals surface area contributed by atoms with E-state index in [1.807, 2.05) is 29.2 Å². The number of piperidine rings is 1. The van der Waals surface area contributed by atoms with Crippen LogP contribution < -0.4 is 5.32 Å². The summed E-state index contributed by atoms with van der Waals surface area (Å²) in [6.45, 7) is 3.69. The predicted octanol–water partition coefficient (Wildman–Crippen LogP) is 3.97. The third kappa shape index (κ3) is 3.34. The van der Waals surface area contributed by atoms with Gasteiger partial charge >= 0.3 is 0 Å². The maximum atomic E-state index is 13.2. The lowest BCUT2D eigenvalue weighted by Crippen LogP contribution is -2.61. The normalized spacial score (nSPS) is 17.9. The highest BCUT2D eigenvalue weighted by atomic mass is 19.1. The van der Waals surface area contributed by atoms with Crippen LogP contribution in [0.4, 0.5) is 4.39 Å². The summed E-state index contributed by atoms with van der Waals surface area (Å²) in [5.41, 5.74) is 2.31. The summed E-state index contributed by atoms with van der Waals surface area (Å²) >= 11 is 0. The molecule has 29 heavy (non-hydrogen) atoms. The lowest BCUT2D eigenvalue weighted by molar-refractivity contribution is -0.0113. The van der Waals surface area contributed by atoms with Gasteiger partial charge in [-0.3, -0.25) is 4.79 Å². The number of carbonyl (C=O) groups is 1. The van der Waals surface area contributed by atoms with Crippen LogP contribution in [0.15, 0.2) is 59.1 Å². The van der Waals surface area contributed by atoms with Crippen molar-refractivity contribution in [1.29, 1.82) is 0 Å². The molecule has 1 aromatic heterocycles. The molecule has 1 N–H and O–H groups in total. The summed E-state index contributed by atoms with van der Waals surface area (Å²) in [6.07, 6.45) is 3.86. The van der Waals surface area contributed by atoms with E-state index in [1.165, 1.54) is 12.1 Å². The first-order chi connectivity index (χ1) is 14.1. The molecule has 2 saturated heterocycles. The van der Waals surface area contributed by atoms with Crippen LogP contribution in [0.2, 0.25) is 0 Å².